The van der Waals surface area contributed by atoms with Gasteiger partial charge in [0.2, 0.25) is 0 Å². The molecule has 1 atom stereocenters. The average Bonchev–Trinajstić information content (AvgIpc) is 2.85. The van der Waals surface area contributed by atoms with Crippen molar-refractivity contribution in [2.75, 3.05) is 0 Å². The molecular weight excluding hydrogens is 286 g/mol. The summed E-state index contributed by atoms with van der Waals surface area (Å²) in [4.78, 5) is 2.80. The standard InChI is InChI=1S/C17H22ClNS/c1-12(14-7-5-6-8-15(14)18)19-11-13-9-10-16(20-13)17(2,3)4/h5-10,12,19H,11H2,1-4H3/t12-/m1/s1. The third-order valence-electron chi connectivity index (χ3n) is 3.36. The molecule has 108 valence electrons. The molecule has 20 heavy (non-hydrogen) atoms. The summed E-state index contributed by atoms with van der Waals surface area (Å²) in [6.45, 7) is 9.79. The lowest BCUT2D eigenvalue weighted by atomic mass is 9.95. The molecule has 1 nitrogen and oxygen atoms in total. The first-order valence-electron chi connectivity index (χ1n) is 6.95. The van der Waals surface area contributed by atoms with Crippen molar-refractivity contribution in [1.29, 1.82) is 0 Å². The molecule has 1 aromatic carbocycles. The van der Waals surface area contributed by atoms with Crippen molar-refractivity contribution in [3.05, 3.63) is 56.7 Å². The summed E-state index contributed by atoms with van der Waals surface area (Å²) in [7, 11) is 0. The predicted octanol–water partition coefficient (Wildman–Crippen LogP) is 5.55. The smallest absolute Gasteiger partial charge is 0.0453 e. The molecule has 0 spiro atoms. The maximum atomic E-state index is 6.23. The van der Waals surface area contributed by atoms with Crippen molar-refractivity contribution >= 4 is 22.9 Å². The van der Waals surface area contributed by atoms with Crippen LogP contribution in [0.2, 0.25) is 5.02 Å². The number of hydrogen-bond donors (Lipinski definition) is 1. The summed E-state index contributed by atoms with van der Waals surface area (Å²) in [6.07, 6.45) is 0. The first kappa shape index (κ1) is 15.6. The quantitative estimate of drug-likeness (QED) is 0.781. The van der Waals surface area contributed by atoms with Crippen LogP contribution in [0.3, 0.4) is 0 Å². The highest BCUT2D eigenvalue weighted by molar-refractivity contribution is 7.12. The molecule has 0 aliphatic heterocycles. The number of hydrogen-bond acceptors (Lipinski definition) is 2. The molecule has 0 saturated carbocycles. The Balaban J connectivity index is 1.99. The zero-order valence-electron chi connectivity index (χ0n) is 12.5. The SMILES string of the molecule is C[C@@H](NCc1ccc(C(C)(C)C)s1)c1ccccc1Cl. The second-order valence-corrected chi connectivity index (χ2v) is 7.72. The van der Waals surface area contributed by atoms with E-state index >= 15 is 0 Å². The van der Waals surface area contributed by atoms with Crippen LogP contribution < -0.4 is 5.32 Å². The first-order valence-corrected chi connectivity index (χ1v) is 8.14. The van der Waals surface area contributed by atoms with Crippen molar-refractivity contribution in [2.24, 2.45) is 0 Å². The van der Waals surface area contributed by atoms with Gasteiger partial charge in [-0.15, -0.1) is 11.3 Å². The Kier molecular flexibility index (Phi) is 4.90. The fourth-order valence-corrected chi connectivity index (χ4v) is 3.38. The highest BCUT2D eigenvalue weighted by Gasteiger charge is 2.16. The largest absolute Gasteiger partial charge is 0.305 e. The molecule has 1 N–H and O–H groups in total. The number of thiophene rings is 1. The molecule has 3 heteroatoms. The van der Waals surface area contributed by atoms with E-state index in [9.17, 15) is 0 Å². The molecule has 0 aliphatic carbocycles. The van der Waals surface area contributed by atoms with Crippen molar-refractivity contribution in [3.63, 3.8) is 0 Å². The molecule has 1 heterocycles. The van der Waals surface area contributed by atoms with Crippen LogP contribution in [0, 0.1) is 0 Å². The van der Waals surface area contributed by atoms with Gasteiger partial charge < -0.3 is 5.32 Å². The van der Waals surface area contributed by atoms with Gasteiger partial charge in [-0.3, -0.25) is 0 Å². The van der Waals surface area contributed by atoms with E-state index in [-0.39, 0.29) is 11.5 Å². The van der Waals surface area contributed by atoms with Gasteiger partial charge in [-0.1, -0.05) is 50.6 Å². The Hall–Kier alpha value is -0.830. The molecule has 0 radical (unpaired) electrons. The summed E-state index contributed by atoms with van der Waals surface area (Å²) in [5.74, 6) is 0. The van der Waals surface area contributed by atoms with Crippen LogP contribution in [-0.2, 0) is 12.0 Å². The maximum absolute atomic E-state index is 6.23. The van der Waals surface area contributed by atoms with E-state index in [4.69, 9.17) is 11.6 Å². The molecule has 2 rings (SSSR count). The van der Waals surface area contributed by atoms with Gasteiger partial charge in [0.15, 0.2) is 0 Å². The number of rotatable bonds is 4. The Labute approximate surface area is 131 Å². The highest BCUT2D eigenvalue weighted by Crippen LogP contribution is 2.30. The number of nitrogens with one attached hydrogen (secondary N) is 1. The molecule has 0 unspecified atom stereocenters. The molecule has 0 fully saturated rings. The van der Waals surface area contributed by atoms with Crippen LogP contribution in [-0.4, -0.2) is 0 Å². The minimum absolute atomic E-state index is 0.233. The molecule has 0 aliphatic rings. The summed E-state index contributed by atoms with van der Waals surface area (Å²) in [5.41, 5.74) is 1.39. The summed E-state index contributed by atoms with van der Waals surface area (Å²) < 4.78 is 0. The van der Waals surface area contributed by atoms with E-state index in [0.29, 0.717) is 0 Å². The molecule has 2 aromatic rings. The Bertz CT molecular complexity index is 568. The Morgan fingerprint density at radius 1 is 1.15 bits per heavy atom. The Morgan fingerprint density at radius 3 is 2.45 bits per heavy atom. The summed E-state index contributed by atoms with van der Waals surface area (Å²) in [5, 5.41) is 4.37. The summed E-state index contributed by atoms with van der Waals surface area (Å²) in [6, 6.07) is 12.7. The molecule has 0 amide bonds. The summed E-state index contributed by atoms with van der Waals surface area (Å²) >= 11 is 8.11. The van der Waals surface area contributed by atoms with E-state index < -0.39 is 0 Å². The van der Waals surface area contributed by atoms with Crippen molar-refractivity contribution < 1.29 is 0 Å². The van der Waals surface area contributed by atoms with Crippen molar-refractivity contribution in [1.82, 2.24) is 5.32 Å². The maximum Gasteiger partial charge on any atom is 0.0453 e. The Morgan fingerprint density at radius 2 is 1.85 bits per heavy atom. The number of benzene rings is 1. The van der Waals surface area contributed by atoms with E-state index in [0.717, 1.165) is 17.1 Å². The third kappa shape index (κ3) is 3.85. The highest BCUT2D eigenvalue weighted by atomic mass is 35.5. The predicted molar refractivity (Wildman–Crippen MR) is 89.7 cm³/mol. The minimum Gasteiger partial charge on any atom is -0.305 e. The topological polar surface area (TPSA) is 12.0 Å². The first-order chi connectivity index (χ1) is 9.38. The second-order valence-electron chi connectivity index (χ2n) is 6.14. The zero-order valence-corrected chi connectivity index (χ0v) is 14.1. The van der Waals surface area contributed by atoms with Gasteiger partial charge in [0, 0.05) is 27.4 Å². The normalized spacial score (nSPS) is 13.4. The van der Waals surface area contributed by atoms with Gasteiger partial charge in [0.25, 0.3) is 0 Å². The molecule has 1 aromatic heterocycles. The third-order valence-corrected chi connectivity index (χ3v) is 5.21. The van der Waals surface area contributed by atoms with E-state index in [1.165, 1.54) is 9.75 Å². The van der Waals surface area contributed by atoms with Crippen LogP contribution in [0.1, 0.15) is 49.1 Å². The number of halogens is 1. The molecular formula is C17H22ClNS. The molecule has 0 bridgehead atoms. The lowest BCUT2D eigenvalue weighted by molar-refractivity contribution is 0.579. The minimum atomic E-state index is 0.233. The molecule has 0 saturated heterocycles. The lowest BCUT2D eigenvalue weighted by Gasteiger charge is -2.16. The van der Waals surface area contributed by atoms with Crippen LogP contribution in [0.5, 0.6) is 0 Å². The fraction of sp³-hybridized carbons (Fsp3) is 0.412. The van der Waals surface area contributed by atoms with Crippen LogP contribution >= 0.6 is 22.9 Å². The lowest BCUT2D eigenvalue weighted by Crippen LogP contribution is -2.17. The van der Waals surface area contributed by atoms with Gasteiger partial charge >= 0.3 is 0 Å². The van der Waals surface area contributed by atoms with E-state index in [1.807, 2.05) is 29.5 Å². The van der Waals surface area contributed by atoms with Gasteiger partial charge in [-0.05, 0) is 36.1 Å². The van der Waals surface area contributed by atoms with Crippen LogP contribution in [0.15, 0.2) is 36.4 Å². The van der Waals surface area contributed by atoms with E-state index in [1.54, 1.807) is 0 Å². The van der Waals surface area contributed by atoms with Crippen molar-refractivity contribution in [3.8, 4) is 0 Å². The van der Waals surface area contributed by atoms with E-state index in [2.05, 4.69) is 51.2 Å². The average molecular weight is 308 g/mol. The van der Waals surface area contributed by atoms with Gasteiger partial charge in [-0.2, -0.15) is 0 Å². The monoisotopic (exact) mass is 307 g/mol. The van der Waals surface area contributed by atoms with Gasteiger partial charge in [0.1, 0.15) is 0 Å². The van der Waals surface area contributed by atoms with Crippen LogP contribution in [0.25, 0.3) is 0 Å². The van der Waals surface area contributed by atoms with Crippen molar-refractivity contribution in [2.45, 2.75) is 45.7 Å². The zero-order chi connectivity index (χ0) is 14.8. The van der Waals surface area contributed by atoms with Gasteiger partial charge in [0.05, 0.1) is 0 Å². The van der Waals surface area contributed by atoms with Gasteiger partial charge in [-0.25, -0.2) is 0 Å². The fourth-order valence-electron chi connectivity index (χ4n) is 2.07. The van der Waals surface area contributed by atoms with Crippen LogP contribution in [0.4, 0.5) is 0 Å². The second kappa shape index (κ2) is 6.30.